The Bertz CT molecular complexity index is 427. The number of hydrogen-bond donors (Lipinski definition) is 1. The number of amides is 1. The van der Waals surface area contributed by atoms with Crippen molar-refractivity contribution < 1.29 is 9.18 Å². The molecule has 2 nitrogen and oxygen atoms in total. The molecule has 0 saturated carbocycles. The van der Waals surface area contributed by atoms with E-state index < -0.39 is 17.3 Å². The van der Waals surface area contributed by atoms with Crippen LogP contribution >= 0.6 is 47.8 Å². The Balaban J connectivity index is 2.98. The van der Waals surface area contributed by atoms with Gasteiger partial charge in [-0.2, -0.15) is 0 Å². The zero-order valence-corrected chi connectivity index (χ0v) is 14.5. The molecule has 18 heavy (non-hydrogen) atoms. The third kappa shape index (κ3) is 3.54. The molecule has 0 aliphatic carbocycles. The molecule has 0 aliphatic rings. The van der Waals surface area contributed by atoms with Crippen molar-refractivity contribution in [1.29, 1.82) is 0 Å². The number of hydrogen-bond acceptors (Lipinski definition) is 1. The van der Waals surface area contributed by atoms with Gasteiger partial charge in [0.05, 0.1) is 15.6 Å². The Hall–Kier alpha value is 0.0600. The fourth-order valence-electron chi connectivity index (χ4n) is 1.37. The Morgan fingerprint density at radius 3 is 2.50 bits per heavy atom. The van der Waals surface area contributed by atoms with E-state index in [4.69, 9.17) is 0 Å². The highest BCUT2D eigenvalue weighted by atomic mass is 79.9. The largest absolute Gasteiger partial charge is 0.345 e. The van der Waals surface area contributed by atoms with Crippen LogP contribution in [0.25, 0.3) is 0 Å². The van der Waals surface area contributed by atoms with Crippen LogP contribution in [-0.2, 0) is 0 Å². The van der Waals surface area contributed by atoms with E-state index in [1.165, 1.54) is 6.07 Å². The topological polar surface area (TPSA) is 29.1 Å². The number of carbonyl (C=O) groups excluding carboxylic acids is 1. The second-order valence-electron chi connectivity index (χ2n) is 3.96. The molecule has 0 spiro atoms. The van der Waals surface area contributed by atoms with E-state index in [-0.39, 0.29) is 10.0 Å². The lowest BCUT2D eigenvalue weighted by Gasteiger charge is -2.30. The second-order valence-corrected chi connectivity index (χ2v) is 5.93. The van der Waals surface area contributed by atoms with E-state index in [0.717, 1.165) is 6.42 Å². The van der Waals surface area contributed by atoms with Crippen LogP contribution < -0.4 is 5.32 Å². The molecule has 0 saturated heterocycles. The van der Waals surface area contributed by atoms with Crippen molar-refractivity contribution in [3.8, 4) is 0 Å². The van der Waals surface area contributed by atoms with E-state index in [9.17, 15) is 9.18 Å². The molecule has 0 aliphatic heterocycles. The average Bonchev–Trinajstić information content (AvgIpc) is 2.39. The number of alkyl halides is 2. The minimum atomic E-state index is -0.538. The molecule has 1 amide bonds. The van der Waals surface area contributed by atoms with E-state index in [2.05, 4.69) is 53.1 Å². The molecule has 0 bridgehead atoms. The molecule has 1 aromatic carbocycles. The lowest BCUT2D eigenvalue weighted by molar-refractivity contribution is 0.0911. The van der Waals surface area contributed by atoms with Gasteiger partial charge in [0.1, 0.15) is 5.82 Å². The molecule has 0 radical (unpaired) electrons. The zero-order valence-electron chi connectivity index (χ0n) is 9.77. The number of halogens is 4. The third-order valence-electron chi connectivity index (χ3n) is 2.76. The first-order valence-electron chi connectivity index (χ1n) is 5.38. The van der Waals surface area contributed by atoms with E-state index in [1.807, 2.05) is 6.92 Å². The highest BCUT2D eigenvalue weighted by Gasteiger charge is 2.29. The SMILES string of the molecule is CCC(CBr)(CBr)NC(=O)c1cccc(Br)c1F. The summed E-state index contributed by atoms with van der Waals surface area (Å²) < 4.78 is 14.1. The van der Waals surface area contributed by atoms with Gasteiger partial charge in [-0.3, -0.25) is 4.79 Å². The fraction of sp³-hybridized carbons (Fsp3) is 0.417. The molecule has 0 atom stereocenters. The maximum Gasteiger partial charge on any atom is 0.254 e. The smallest absolute Gasteiger partial charge is 0.254 e. The van der Waals surface area contributed by atoms with Crippen LogP contribution in [0.4, 0.5) is 4.39 Å². The normalized spacial score (nSPS) is 11.4. The molecular formula is C12H13Br3FNO. The first-order chi connectivity index (χ1) is 8.49. The van der Waals surface area contributed by atoms with Crippen molar-refractivity contribution in [2.75, 3.05) is 10.7 Å². The van der Waals surface area contributed by atoms with Gasteiger partial charge in [-0.05, 0) is 34.5 Å². The fourth-order valence-corrected chi connectivity index (χ4v) is 3.74. The quantitative estimate of drug-likeness (QED) is 0.674. The number of rotatable bonds is 5. The summed E-state index contributed by atoms with van der Waals surface area (Å²) in [6.07, 6.45) is 0.741. The summed E-state index contributed by atoms with van der Waals surface area (Å²) in [7, 11) is 0. The second kappa shape index (κ2) is 7.01. The Morgan fingerprint density at radius 1 is 1.39 bits per heavy atom. The molecule has 100 valence electrons. The zero-order chi connectivity index (χ0) is 13.8. The number of nitrogens with one attached hydrogen (secondary N) is 1. The van der Waals surface area contributed by atoms with Gasteiger partial charge in [0.2, 0.25) is 0 Å². The summed E-state index contributed by atoms with van der Waals surface area (Å²) in [6.45, 7) is 1.97. The first kappa shape index (κ1) is 16.1. The highest BCUT2D eigenvalue weighted by molar-refractivity contribution is 9.10. The molecule has 0 unspecified atom stereocenters. The van der Waals surface area contributed by atoms with Crippen LogP contribution in [0, 0.1) is 5.82 Å². The van der Waals surface area contributed by atoms with Crippen LogP contribution in [0.15, 0.2) is 22.7 Å². The first-order valence-corrected chi connectivity index (χ1v) is 8.41. The maximum atomic E-state index is 13.8. The lowest BCUT2D eigenvalue weighted by Crippen LogP contribution is -2.51. The molecule has 1 aromatic rings. The molecule has 0 fully saturated rings. The molecule has 1 N–H and O–H groups in total. The maximum absolute atomic E-state index is 13.8. The van der Waals surface area contributed by atoms with Crippen LogP contribution in [0.1, 0.15) is 23.7 Å². The van der Waals surface area contributed by atoms with Crippen LogP contribution in [-0.4, -0.2) is 22.1 Å². The lowest BCUT2D eigenvalue weighted by atomic mass is 10.0. The van der Waals surface area contributed by atoms with Gasteiger partial charge in [-0.15, -0.1) is 0 Å². The van der Waals surface area contributed by atoms with Crippen LogP contribution in [0.5, 0.6) is 0 Å². The van der Waals surface area contributed by atoms with Crippen molar-refractivity contribution in [2.45, 2.75) is 18.9 Å². The minimum absolute atomic E-state index is 0.0455. The summed E-state index contributed by atoms with van der Waals surface area (Å²) in [5, 5.41) is 4.07. The van der Waals surface area contributed by atoms with E-state index in [1.54, 1.807) is 12.1 Å². The minimum Gasteiger partial charge on any atom is -0.345 e. The standard InChI is InChI=1S/C12H13Br3FNO/c1-2-12(6-13,7-14)17-11(18)8-4-3-5-9(15)10(8)16/h3-5H,2,6-7H2,1H3,(H,17,18). The Labute approximate surface area is 131 Å². The molecule has 6 heteroatoms. The van der Waals surface area contributed by atoms with Crippen molar-refractivity contribution in [3.05, 3.63) is 34.1 Å². The van der Waals surface area contributed by atoms with Crippen molar-refractivity contribution in [2.24, 2.45) is 0 Å². The monoisotopic (exact) mass is 443 g/mol. The molecular weight excluding hydrogens is 433 g/mol. The molecule has 0 aromatic heterocycles. The van der Waals surface area contributed by atoms with E-state index in [0.29, 0.717) is 10.7 Å². The van der Waals surface area contributed by atoms with Crippen molar-refractivity contribution >= 4 is 53.7 Å². The van der Waals surface area contributed by atoms with Gasteiger partial charge in [-0.25, -0.2) is 4.39 Å². The van der Waals surface area contributed by atoms with Gasteiger partial charge in [0.15, 0.2) is 0 Å². The van der Waals surface area contributed by atoms with Crippen LogP contribution in [0.2, 0.25) is 0 Å². The summed E-state index contributed by atoms with van der Waals surface area (Å²) >= 11 is 9.83. The number of carbonyl (C=O) groups is 1. The van der Waals surface area contributed by atoms with Gasteiger partial charge in [0, 0.05) is 10.7 Å². The predicted octanol–water partition coefficient (Wildman–Crippen LogP) is 4.26. The summed E-state index contributed by atoms with van der Waals surface area (Å²) in [5.74, 6) is -0.946. The third-order valence-corrected chi connectivity index (χ3v) is 5.52. The van der Waals surface area contributed by atoms with Gasteiger partial charge >= 0.3 is 0 Å². The predicted molar refractivity (Wildman–Crippen MR) is 82.2 cm³/mol. The summed E-state index contributed by atoms with van der Waals surface area (Å²) in [4.78, 5) is 12.1. The van der Waals surface area contributed by atoms with Crippen molar-refractivity contribution in [1.82, 2.24) is 5.32 Å². The number of benzene rings is 1. The van der Waals surface area contributed by atoms with E-state index >= 15 is 0 Å². The summed E-state index contributed by atoms with van der Waals surface area (Å²) in [6, 6.07) is 4.67. The van der Waals surface area contributed by atoms with Crippen molar-refractivity contribution in [3.63, 3.8) is 0 Å². The van der Waals surface area contributed by atoms with Crippen LogP contribution in [0.3, 0.4) is 0 Å². The average molecular weight is 446 g/mol. The summed E-state index contributed by atoms with van der Waals surface area (Å²) in [5.41, 5.74) is -0.365. The highest BCUT2D eigenvalue weighted by Crippen LogP contribution is 2.21. The van der Waals surface area contributed by atoms with Gasteiger partial charge < -0.3 is 5.32 Å². The van der Waals surface area contributed by atoms with Gasteiger partial charge in [0.25, 0.3) is 5.91 Å². The molecule has 1 rings (SSSR count). The Morgan fingerprint density at radius 2 is 2.00 bits per heavy atom. The Kier molecular flexibility index (Phi) is 6.27. The molecule has 0 heterocycles. The van der Waals surface area contributed by atoms with Gasteiger partial charge in [-0.1, -0.05) is 44.8 Å².